The van der Waals surface area contributed by atoms with Gasteiger partial charge in [0.25, 0.3) is 0 Å². The monoisotopic (exact) mass is 484 g/mol. The lowest BCUT2D eigenvalue weighted by atomic mass is 9.92. The van der Waals surface area contributed by atoms with Gasteiger partial charge in [0.05, 0.1) is 18.0 Å². The minimum atomic E-state index is -3.81. The fourth-order valence-electron chi connectivity index (χ4n) is 4.06. The van der Waals surface area contributed by atoms with Crippen molar-refractivity contribution in [1.82, 2.24) is 9.62 Å². The van der Waals surface area contributed by atoms with Crippen molar-refractivity contribution in [1.29, 1.82) is 0 Å². The Balaban J connectivity index is 1.56. The second-order valence-electron chi connectivity index (χ2n) is 7.86. The molecule has 1 N–H and O–H groups in total. The third-order valence-corrected chi connectivity index (χ3v) is 7.99. The molecule has 3 aromatic carbocycles. The van der Waals surface area contributed by atoms with E-state index in [0.29, 0.717) is 24.5 Å². The van der Waals surface area contributed by atoms with Crippen LogP contribution in [0.4, 0.5) is 0 Å². The number of sulfonamides is 1. The predicted octanol–water partition coefficient (Wildman–Crippen LogP) is 4.34. The van der Waals surface area contributed by atoms with E-state index < -0.39 is 16.1 Å². The Morgan fingerprint density at radius 1 is 1.06 bits per heavy atom. The molecule has 33 heavy (non-hydrogen) atoms. The van der Waals surface area contributed by atoms with Crippen LogP contribution in [0.15, 0.2) is 77.7 Å². The summed E-state index contributed by atoms with van der Waals surface area (Å²) in [7, 11) is -2.21. The number of hydrogen-bond donors (Lipinski definition) is 1. The fraction of sp³-hybridized carbons (Fsp3) is 0.240. The van der Waals surface area contributed by atoms with Crippen LogP contribution < -0.4 is 10.1 Å². The zero-order valence-electron chi connectivity index (χ0n) is 18.2. The summed E-state index contributed by atoms with van der Waals surface area (Å²) in [4.78, 5) is 13.1. The van der Waals surface area contributed by atoms with Gasteiger partial charge in [-0.15, -0.1) is 0 Å². The predicted molar refractivity (Wildman–Crippen MR) is 128 cm³/mol. The highest BCUT2D eigenvalue weighted by Crippen LogP contribution is 2.36. The molecular formula is C25H25ClN2O4S. The number of hydrogen-bond acceptors (Lipinski definition) is 4. The standard InChI is InChI=1S/C25H25ClN2O4S/c1-32-21-10-6-18(7-11-21)17-27-25(29)16-24-23-5-3-2-4-19(23)14-15-28(24)33(30,31)22-12-8-20(26)9-13-22/h2-13,24H,14-17H2,1H3,(H,27,29)/t24-/m1/s1. The van der Waals surface area contributed by atoms with Crippen LogP contribution in [-0.2, 0) is 27.8 Å². The lowest BCUT2D eigenvalue weighted by Gasteiger charge is -2.36. The number of carbonyl (C=O) groups excluding carboxylic acids is 1. The molecule has 4 rings (SSSR count). The van der Waals surface area contributed by atoms with Crippen molar-refractivity contribution in [3.8, 4) is 5.75 Å². The molecule has 0 fully saturated rings. The number of benzene rings is 3. The summed E-state index contributed by atoms with van der Waals surface area (Å²) >= 11 is 5.95. The van der Waals surface area contributed by atoms with E-state index in [2.05, 4.69) is 5.32 Å². The molecule has 0 saturated carbocycles. The van der Waals surface area contributed by atoms with E-state index in [1.54, 1.807) is 19.2 Å². The molecule has 1 atom stereocenters. The average Bonchev–Trinajstić information content (AvgIpc) is 2.83. The van der Waals surface area contributed by atoms with Crippen LogP contribution in [0.3, 0.4) is 0 Å². The number of amides is 1. The number of nitrogens with one attached hydrogen (secondary N) is 1. The summed E-state index contributed by atoms with van der Waals surface area (Å²) in [6.07, 6.45) is 0.618. The minimum Gasteiger partial charge on any atom is -0.497 e. The second-order valence-corrected chi connectivity index (χ2v) is 10.2. The maximum Gasteiger partial charge on any atom is 0.243 e. The number of fused-ring (bicyclic) bond motifs is 1. The van der Waals surface area contributed by atoms with E-state index in [-0.39, 0.29) is 17.2 Å². The van der Waals surface area contributed by atoms with E-state index in [1.165, 1.54) is 16.4 Å². The van der Waals surface area contributed by atoms with Gasteiger partial charge in [-0.05, 0) is 59.5 Å². The molecule has 172 valence electrons. The van der Waals surface area contributed by atoms with Crippen molar-refractivity contribution in [2.75, 3.05) is 13.7 Å². The molecule has 0 unspecified atom stereocenters. The Morgan fingerprint density at radius 3 is 2.45 bits per heavy atom. The van der Waals surface area contributed by atoms with E-state index in [9.17, 15) is 13.2 Å². The van der Waals surface area contributed by atoms with Crippen LogP contribution >= 0.6 is 11.6 Å². The number of ether oxygens (including phenoxy) is 1. The number of rotatable bonds is 7. The van der Waals surface area contributed by atoms with E-state index in [4.69, 9.17) is 16.3 Å². The van der Waals surface area contributed by atoms with Gasteiger partial charge in [0.15, 0.2) is 0 Å². The number of halogens is 1. The Labute approximate surface area is 199 Å². The molecule has 1 amide bonds. The summed E-state index contributed by atoms with van der Waals surface area (Å²) < 4.78 is 33.6. The largest absolute Gasteiger partial charge is 0.497 e. The highest BCUT2D eigenvalue weighted by Gasteiger charge is 2.37. The molecule has 1 aliphatic heterocycles. The Bertz CT molecular complexity index is 1230. The second kappa shape index (κ2) is 9.95. The van der Waals surface area contributed by atoms with Crippen LogP contribution in [0.5, 0.6) is 5.75 Å². The molecular weight excluding hydrogens is 460 g/mol. The van der Waals surface area contributed by atoms with Crippen LogP contribution in [0, 0.1) is 0 Å². The van der Waals surface area contributed by atoms with Gasteiger partial charge in [0.2, 0.25) is 15.9 Å². The number of nitrogens with zero attached hydrogens (tertiary/aromatic N) is 1. The quantitative estimate of drug-likeness (QED) is 0.541. The molecule has 6 nitrogen and oxygen atoms in total. The molecule has 3 aromatic rings. The number of methoxy groups -OCH3 is 1. The van der Waals surface area contributed by atoms with Crippen molar-refractivity contribution in [2.24, 2.45) is 0 Å². The first kappa shape index (κ1) is 23.3. The third kappa shape index (κ3) is 5.21. The van der Waals surface area contributed by atoms with Gasteiger partial charge in [-0.25, -0.2) is 8.42 Å². The molecule has 1 heterocycles. The smallest absolute Gasteiger partial charge is 0.243 e. The van der Waals surface area contributed by atoms with Gasteiger partial charge < -0.3 is 10.1 Å². The average molecular weight is 485 g/mol. The maximum atomic E-state index is 13.5. The first-order valence-corrected chi connectivity index (χ1v) is 12.4. The molecule has 0 aliphatic carbocycles. The molecule has 8 heteroatoms. The highest BCUT2D eigenvalue weighted by atomic mass is 35.5. The normalized spacial score (nSPS) is 16.1. The van der Waals surface area contributed by atoms with Crippen molar-refractivity contribution in [2.45, 2.75) is 30.3 Å². The van der Waals surface area contributed by atoms with Crippen molar-refractivity contribution in [3.63, 3.8) is 0 Å². The summed E-state index contributed by atoms with van der Waals surface area (Å²) in [6, 6.07) is 20.7. The van der Waals surface area contributed by atoms with Crippen molar-refractivity contribution in [3.05, 3.63) is 94.5 Å². The summed E-state index contributed by atoms with van der Waals surface area (Å²) in [5.41, 5.74) is 2.85. The third-order valence-electron chi connectivity index (χ3n) is 5.81. The molecule has 0 spiro atoms. The first-order valence-electron chi connectivity index (χ1n) is 10.6. The van der Waals surface area contributed by atoms with Crippen molar-refractivity contribution < 1.29 is 17.9 Å². The van der Waals surface area contributed by atoms with Gasteiger partial charge in [0.1, 0.15) is 5.75 Å². The minimum absolute atomic E-state index is 0.0278. The maximum absolute atomic E-state index is 13.5. The SMILES string of the molecule is COc1ccc(CNC(=O)C[C@@H]2c3ccccc3CCN2S(=O)(=O)c2ccc(Cl)cc2)cc1. The van der Waals surface area contributed by atoms with E-state index in [0.717, 1.165) is 22.4 Å². The molecule has 0 aromatic heterocycles. The van der Waals surface area contributed by atoms with Gasteiger partial charge in [0, 0.05) is 24.5 Å². The Hall–Kier alpha value is -2.87. The van der Waals surface area contributed by atoms with Crippen LogP contribution in [0.2, 0.25) is 5.02 Å². The van der Waals surface area contributed by atoms with E-state index >= 15 is 0 Å². The van der Waals surface area contributed by atoms with Crippen LogP contribution in [0.25, 0.3) is 0 Å². The summed E-state index contributed by atoms with van der Waals surface area (Å²) in [5.74, 6) is 0.524. The van der Waals surface area contributed by atoms with Gasteiger partial charge in [-0.3, -0.25) is 4.79 Å². The molecule has 1 aliphatic rings. The zero-order valence-corrected chi connectivity index (χ0v) is 19.8. The van der Waals surface area contributed by atoms with Gasteiger partial charge in [-0.1, -0.05) is 48.0 Å². The lowest BCUT2D eigenvalue weighted by Crippen LogP contribution is -2.42. The molecule has 0 saturated heterocycles. The summed E-state index contributed by atoms with van der Waals surface area (Å²) in [6.45, 7) is 0.652. The lowest BCUT2D eigenvalue weighted by molar-refractivity contribution is -0.122. The Morgan fingerprint density at radius 2 is 1.76 bits per heavy atom. The van der Waals surface area contributed by atoms with Crippen LogP contribution in [0.1, 0.15) is 29.2 Å². The first-order chi connectivity index (χ1) is 15.9. The number of carbonyl (C=O) groups is 1. The zero-order chi connectivity index (χ0) is 23.4. The Kier molecular flexibility index (Phi) is 7.02. The molecule has 0 radical (unpaired) electrons. The fourth-order valence-corrected chi connectivity index (χ4v) is 5.79. The highest BCUT2D eigenvalue weighted by molar-refractivity contribution is 7.89. The van der Waals surface area contributed by atoms with Gasteiger partial charge >= 0.3 is 0 Å². The molecule has 0 bridgehead atoms. The van der Waals surface area contributed by atoms with Crippen LogP contribution in [-0.4, -0.2) is 32.3 Å². The van der Waals surface area contributed by atoms with Gasteiger partial charge in [-0.2, -0.15) is 4.31 Å². The summed E-state index contributed by atoms with van der Waals surface area (Å²) in [5, 5.41) is 3.38. The topological polar surface area (TPSA) is 75.7 Å². The van der Waals surface area contributed by atoms with Crippen molar-refractivity contribution >= 4 is 27.5 Å². The van der Waals surface area contributed by atoms with E-state index in [1.807, 2.05) is 48.5 Å².